The summed E-state index contributed by atoms with van der Waals surface area (Å²) in [6.07, 6.45) is 3.83. The van der Waals surface area contributed by atoms with Crippen molar-refractivity contribution in [1.82, 2.24) is 5.32 Å². The predicted molar refractivity (Wildman–Crippen MR) is 97.2 cm³/mol. The zero-order chi connectivity index (χ0) is 16.9. The average Bonchev–Trinajstić information content (AvgIpc) is 3.35. The molecule has 2 aromatic rings. The molecule has 2 N–H and O–H groups in total. The maximum absolute atomic E-state index is 12.5. The number of benzene rings is 1. The van der Waals surface area contributed by atoms with Crippen molar-refractivity contribution >= 4 is 28.2 Å². The van der Waals surface area contributed by atoms with E-state index in [0.717, 1.165) is 36.2 Å². The molecule has 126 valence electrons. The monoisotopic (exact) mass is 342 g/mol. The molecule has 3 rings (SSSR count). The minimum Gasteiger partial charge on any atom is -0.345 e. The number of rotatable bonds is 7. The topological polar surface area (TPSA) is 58.2 Å². The van der Waals surface area contributed by atoms with Crippen LogP contribution in [0.5, 0.6) is 0 Å². The predicted octanol–water partition coefficient (Wildman–Crippen LogP) is 4.37. The van der Waals surface area contributed by atoms with Crippen LogP contribution in [0.15, 0.2) is 42.5 Å². The van der Waals surface area contributed by atoms with Crippen molar-refractivity contribution in [2.45, 2.75) is 38.6 Å². The van der Waals surface area contributed by atoms with Crippen LogP contribution >= 0.6 is 11.3 Å². The second-order valence-corrected chi connectivity index (χ2v) is 7.24. The Morgan fingerprint density at radius 2 is 1.92 bits per heavy atom. The number of nitrogens with one attached hydrogen (secondary N) is 2. The minimum atomic E-state index is -0.0887. The molecular weight excluding hydrogens is 320 g/mol. The van der Waals surface area contributed by atoms with E-state index >= 15 is 0 Å². The van der Waals surface area contributed by atoms with E-state index in [0.29, 0.717) is 4.88 Å². The van der Waals surface area contributed by atoms with Gasteiger partial charge in [-0.25, -0.2) is 0 Å². The summed E-state index contributed by atoms with van der Waals surface area (Å²) >= 11 is 1.33. The number of carbonyl (C=O) groups excluding carboxylic acids is 2. The van der Waals surface area contributed by atoms with E-state index in [-0.39, 0.29) is 23.8 Å². The molecule has 0 saturated heterocycles. The molecule has 0 radical (unpaired) electrons. The molecule has 1 atom stereocenters. The van der Waals surface area contributed by atoms with Gasteiger partial charge in [0.1, 0.15) is 0 Å². The van der Waals surface area contributed by atoms with E-state index in [2.05, 4.69) is 17.6 Å². The van der Waals surface area contributed by atoms with Gasteiger partial charge in [0.25, 0.3) is 5.91 Å². The fourth-order valence-electron chi connectivity index (χ4n) is 2.62. The summed E-state index contributed by atoms with van der Waals surface area (Å²) in [5.41, 5.74) is 1.12. The summed E-state index contributed by atoms with van der Waals surface area (Å²) in [5, 5.41) is 6.74. The van der Waals surface area contributed by atoms with Gasteiger partial charge in [0.05, 0.1) is 15.9 Å². The number of carbonyl (C=O) groups is 2. The van der Waals surface area contributed by atoms with Crippen molar-refractivity contribution < 1.29 is 9.59 Å². The van der Waals surface area contributed by atoms with Crippen molar-refractivity contribution in [2.24, 2.45) is 5.92 Å². The Morgan fingerprint density at radius 1 is 1.17 bits per heavy atom. The van der Waals surface area contributed by atoms with Crippen LogP contribution in [0.25, 0.3) is 0 Å². The van der Waals surface area contributed by atoms with Crippen molar-refractivity contribution in [3.63, 3.8) is 0 Å². The molecule has 0 bridgehead atoms. The van der Waals surface area contributed by atoms with Gasteiger partial charge in [-0.15, -0.1) is 11.3 Å². The molecule has 0 aliphatic heterocycles. The van der Waals surface area contributed by atoms with E-state index in [1.165, 1.54) is 11.3 Å². The molecule has 0 spiro atoms. The Morgan fingerprint density at radius 3 is 2.58 bits per heavy atom. The van der Waals surface area contributed by atoms with E-state index in [1.807, 2.05) is 30.3 Å². The van der Waals surface area contributed by atoms with Gasteiger partial charge < -0.3 is 10.6 Å². The minimum absolute atomic E-state index is 0.00954. The van der Waals surface area contributed by atoms with Gasteiger partial charge in [-0.1, -0.05) is 43.7 Å². The third kappa shape index (κ3) is 4.23. The van der Waals surface area contributed by atoms with Gasteiger partial charge in [0.2, 0.25) is 5.91 Å². The van der Waals surface area contributed by atoms with Gasteiger partial charge >= 0.3 is 0 Å². The third-order valence-electron chi connectivity index (χ3n) is 4.11. The lowest BCUT2D eigenvalue weighted by atomic mass is 10.0. The highest BCUT2D eigenvalue weighted by molar-refractivity contribution is 7.18. The Balaban J connectivity index is 1.64. The van der Waals surface area contributed by atoms with Crippen LogP contribution in [0, 0.1) is 5.92 Å². The molecule has 5 heteroatoms. The first kappa shape index (κ1) is 16.7. The molecule has 2 amide bonds. The summed E-state index contributed by atoms with van der Waals surface area (Å²) in [6, 6.07) is 13.6. The van der Waals surface area contributed by atoms with Crippen LogP contribution in [-0.4, -0.2) is 11.8 Å². The average molecular weight is 342 g/mol. The van der Waals surface area contributed by atoms with Crippen LogP contribution in [-0.2, 0) is 4.79 Å². The summed E-state index contributed by atoms with van der Waals surface area (Å²) < 4.78 is 0. The van der Waals surface area contributed by atoms with Crippen LogP contribution in [0.2, 0.25) is 0 Å². The lowest BCUT2D eigenvalue weighted by Crippen LogP contribution is -2.27. The van der Waals surface area contributed by atoms with Crippen molar-refractivity contribution in [3.05, 3.63) is 52.9 Å². The highest BCUT2D eigenvalue weighted by atomic mass is 32.1. The van der Waals surface area contributed by atoms with Crippen molar-refractivity contribution in [1.29, 1.82) is 0 Å². The standard InChI is InChI=1S/C19H22N2O2S/c1-2-6-15(13-7-4-3-5-8-13)20-19(23)16-11-12-17(24-16)21-18(22)14-9-10-14/h3-5,7-8,11-12,14-15H,2,6,9-10H2,1H3,(H,20,23)(H,21,22). The van der Waals surface area contributed by atoms with Crippen molar-refractivity contribution in [2.75, 3.05) is 5.32 Å². The Labute approximate surface area is 146 Å². The zero-order valence-corrected chi connectivity index (χ0v) is 14.6. The summed E-state index contributed by atoms with van der Waals surface area (Å²) in [4.78, 5) is 25.0. The van der Waals surface area contributed by atoms with Gasteiger partial charge in [0.15, 0.2) is 0 Å². The lowest BCUT2D eigenvalue weighted by molar-refractivity contribution is -0.117. The molecule has 1 saturated carbocycles. The van der Waals surface area contributed by atoms with E-state index in [4.69, 9.17) is 0 Å². The van der Waals surface area contributed by atoms with Crippen LogP contribution in [0.4, 0.5) is 5.00 Å². The zero-order valence-electron chi connectivity index (χ0n) is 13.7. The fourth-order valence-corrected chi connectivity index (χ4v) is 3.43. The highest BCUT2D eigenvalue weighted by Crippen LogP contribution is 2.31. The smallest absolute Gasteiger partial charge is 0.261 e. The first-order chi connectivity index (χ1) is 11.7. The number of anilines is 1. The molecule has 1 unspecified atom stereocenters. The summed E-state index contributed by atoms with van der Waals surface area (Å²) in [5.74, 6) is 0.141. The van der Waals surface area contributed by atoms with E-state index in [1.54, 1.807) is 12.1 Å². The summed E-state index contributed by atoms with van der Waals surface area (Å²) in [7, 11) is 0. The normalized spacial score (nSPS) is 14.9. The highest BCUT2D eigenvalue weighted by Gasteiger charge is 2.30. The van der Waals surface area contributed by atoms with Crippen LogP contribution in [0.1, 0.15) is 53.9 Å². The molecule has 1 aliphatic carbocycles. The fraction of sp³-hybridized carbons (Fsp3) is 0.368. The molecule has 24 heavy (non-hydrogen) atoms. The van der Waals surface area contributed by atoms with Gasteiger partial charge in [-0.05, 0) is 37.0 Å². The number of amides is 2. The maximum Gasteiger partial charge on any atom is 0.261 e. The first-order valence-corrected chi connectivity index (χ1v) is 9.25. The quantitative estimate of drug-likeness (QED) is 0.785. The van der Waals surface area contributed by atoms with Crippen LogP contribution in [0.3, 0.4) is 0 Å². The number of thiophene rings is 1. The largest absolute Gasteiger partial charge is 0.345 e. The SMILES string of the molecule is CCCC(NC(=O)c1ccc(NC(=O)C2CC2)s1)c1ccccc1. The first-order valence-electron chi connectivity index (χ1n) is 8.44. The molecule has 4 nitrogen and oxygen atoms in total. The van der Waals surface area contributed by atoms with Gasteiger partial charge in [0, 0.05) is 5.92 Å². The molecule has 1 aromatic carbocycles. The number of hydrogen-bond donors (Lipinski definition) is 2. The van der Waals surface area contributed by atoms with Gasteiger partial charge in [-0.2, -0.15) is 0 Å². The van der Waals surface area contributed by atoms with Crippen molar-refractivity contribution in [3.8, 4) is 0 Å². The lowest BCUT2D eigenvalue weighted by Gasteiger charge is -2.18. The Hall–Kier alpha value is -2.14. The molecule has 1 aliphatic rings. The second-order valence-electron chi connectivity index (χ2n) is 6.15. The van der Waals surface area contributed by atoms with Gasteiger partial charge in [-0.3, -0.25) is 9.59 Å². The maximum atomic E-state index is 12.5. The molecule has 1 heterocycles. The van der Waals surface area contributed by atoms with E-state index in [9.17, 15) is 9.59 Å². The summed E-state index contributed by atoms with van der Waals surface area (Å²) in [6.45, 7) is 2.11. The molecular formula is C19H22N2O2S. The van der Waals surface area contributed by atoms with E-state index < -0.39 is 0 Å². The number of hydrogen-bond acceptors (Lipinski definition) is 3. The van der Waals surface area contributed by atoms with Crippen LogP contribution < -0.4 is 10.6 Å². The Kier molecular flexibility index (Phi) is 5.30. The molecule has 1 fully saturated rings. The Bertz CT molecular complexity index is 707. The second kappa shape index (κ2) is 7.62. The third-order valence-corrected chi connectivity index (χ3v) is 5.11. The molecule has 1 aromatic heterocycles.